The third-order valence-corrected chi connectivity index (χ3v) is 4.15. The maximum absolute atomic E-state index is 9.22. The first kappa shape index (κ1) is 18.2. The zero-order valence-corrected chi connectivity index (χ0v) is 14.1. The van der Waals surface area contributed by atoms with Gasteiger partial charge in [0.05, 0.1) is 0 Å². The Morgan fingerprint density at radius 3 is 1.83 bits per heavy atom. The van der Waals surface area contributed by atoms with Crippen LogP contribution in [0.25, 0.3) is 5.53 Å². The number of hydrogen-bond acceptors (Lipinski definition) is 0. The zero-order valence-electron chi connectivity index (χ0n) is 12.6. The summed E-state index contributed by atoms with van der Waals surface area (Å²) in [6, 6.07) is -0.0448. The van der Waals surface area contributed by atoms with E-state index < -0.39 is 0 Å². The summed E-state index contributed by atoms with van der Waals surface area (Å²) in [5, 5.41) is 2.42. The summed E-state index contributed by atoms with van der Waals surface area (Å²) < 4.78 is 0. The fraction of sp³-hybridized carbons (Fsp3) is 1.00. The Bertz CT molecular complexity index is 254. The molecule has 18 heavy (non-hydrogen) atoms. The van der Waals surface area contributed by atoms with Gasteiger partial charge < -0.3 is 10.6 Å². The summed E-state index contributed by atoms with van der Waals surface area (Å²) in [5.74, 6) is 0. The predicted octanol–water partition coefficient (Wildman–Crippen LogP) is 3.93. The molecule has 3 unspecified atom stereocenters. The van der Waals surface area contributed by atoms with E-state index in [1.165, 1.54) is 0 Å². The highest BCUT2D eigenvalue weighted by Gasteiger charge is 2.29. The summed E-state index contributed by atoms with van der Waals surface area (Å²) in [5.41, 5.74) is 9.46. The van der Waals surface area contributed by atoms with Crippen LogP contribution in [0.15, 0.2) is 0 Å². The van der Waals surface area contributed by atoms with Crippen molar-refractivity contribution in [2.75, 3.05) is 0 Å². The van der Waals surface area contributed by atoms with E-state index in [0.717, 1.165) is 19.3 Å². The van der Waals surface area contributed by atoms with E-state index in [1.807, 2.05) is 0 Å². The largest absolute Gasteiger partial charge is 0.508 e. The third kappa shape index (κ3) is 8.31. The normalized spacial score (nSPS) is 18.2. The number of alkyl halides is 2. The van der Waals surface area contributed by atoms with Gasteiger partial charge in [-0.2, -0.15) is 0 Å². The highest BCUT2D eigenvalue weighted by atomic mass is 35.5. The molecule has 3 atom stereocenters. The lowest BCUT2D eigenvalue weighted by Crippen LogP contribution is -2.72. The molecular formula is C14H28Cl2N2. The molecule has 0 aromatic carbocycles. The van der Waals surface area contributed by atoms with Crippen molar-refractivity contribution < 1.29 is 5.11 Å². The van der Waals surface area contributed by atoms with Crippen molar-refractivity contribution in [3.8, 4) is 0 Å². The molecule has 0 heterocycles. The minimum Gasteiger partial charge on any atom is -0.508 e. The first-order chi connectivity index (χ1) is 7.95. The second-order valence-electron chi connectivity index (χ2n) is 7.49. The van der Waals surface area contributed by atoms with Crippen LogP contribution in [-0.4, -0.2) is 16.8 Å². The fourth-order valence-corrected chi connectivity index (χ4v) is 2.75. The van der Waals surface area contributed by atoms with Gasteiger partial charge in [-0.15, -0.1) is 23.2 Å². The predicted molar refractivity (Wildman–Crippen MR) is 80.2 cm³/mol. The first-order valence-electron chi connectivity index (χ1n) is 6.63. The van der Waals surface area contributed by atoms with Gasteiger partial charge in [-0.05, 0) is 17.3 Å². The molecule has 0 aliphatic carbocycles. The number of rotatable bonds is 6. The summed E-state index contributed by atoms with van der Waals surface area (Å²) in [6.07, 6.45) is 2.37. The van der Waals surface area contributed by atoms with Gasteiger partial charge in [0.25, 0.3) is 0 Å². The van der Waals surface area contributed by atoms with Gasteiger partial charge in [-0.3, -0.25) is 0 Å². The third-order valence-electron chi connectivity index (χ3n) is 2.99. The van der Waals surface area contributed by atoms with Crippen molar-refractivity contribution in [1.29, 1.82) is 0 Å². The molecule has 1 N–H and O–H groups in total. The van der Waals surface area contributed by atoms with Crippen LogP contribution >= 0.6 is 23.2 Å². The molecule has 0 fully saturated rings. The van der Waals surface area contributed by atoms with Crippen molar-refractivity contribution >= 4 is 23.2 Å². The Balaban J connectivity index is 4.32. The van der Waals surface area contributed by atoms with Crippen molar-refractivity contribution in [3.05, 3.63) is 5.53 Å². The highest BCUT2D eigenvalue weighted by Crippen LogP contribution is 2.30. The molecule has 0 aliphatic heterocycles. The van der Waals surface area contributed by atoms with Crippen molar-refractivity contribution in [2.24, 2.45) is 10.8 Å². The van der Waals surface area contributed by atoms with Crippen LogP contribution in [0.4, 0.5) is 0 Å². The minimum atomic E-state index is -0.0448. The number of hydrogen-bond donors (Lipinski definition) is 1. The van der Waals surface area contributed by atoms with Crippen LogP contribution in [0.5, 0.6) is 0 Å². The zero-order chi connectivity index (χ0) is 14.6. The van der Waals surface area contributed by atoms with E-state index in [2.05, 4.69) is 46.7 Å². The first-order valence-corrected chi connectivity index (χ1v) is 7.51. The number of nitrogens with zero attached hydrogens (tertiary/aromatic N) is 1. The lowest BCUT2D eigenvalue weighted by molar-refractivity contribution is -0.527. The van der Waals surface area contributed by atoms with Gasteiger partial charge in [0.1, 0.15) is 6.04 Å². The monoisotopic (exact) mass is 294 g/mol. The molecule has 0 saturated heterocycles. The maximum Gasteiger partial charge on any atom is 0.142 e. The van der Waals surface area contributed by atoms with Gasteiger partial charge in [0, 0.05) is 23.6 Å². The molecule has 0 radical (unpaired) electrons. The average molecular weight is 295 g/mol. The van der Waals surface area contributed by atoms with Gasteiger partial charge in [0.2, 0.25) is 0 Å². The molecule has 4 heteroatoms. The van der Waals surface area contributed by atoms with Gasteiger partial charge >= 0.3 is 0 Å². The van der Waals surface area contributed by atoms with Gasteiger partial charge in [0.15, 0.2) is 0 Å². The van der Waals surface area contributed by atoms with Gasteiger partial charge in [-0.1, -0.05) is 41.5 Å². The Morgan fingerprint density at radius 2 is 1.50 bits per heavy atom. The molecule has 0 rings (SSSR count). The lowest BCUT2D eigenvalue weighted by atomic mass is 9.85. The number of nitrogens with one attached hydrogen (secondary N) is 1. The second-order valence-corrected chi connectivity index (χ2v) is 8.64. The topological polar surface area (TPSA) is 36.3 Å². The van der Waals surface area contributed by atoms with E-state index >= 15 is 0 Å². The molecule has 0 spiro atoms. The maximum atomic E-state index is 9.22. The molecular weight excluding hydrogens is 267 g/mol. The standard InChI is InChI=1S/C14H28Cl2N2/c1-13(2,3)9-10(15)7-11(18-17)8-12(16)14(4,5)6/h10-12,18H,7-9H2,1-6H3. The van der Waals surface area contributed by atoms with Gasteiger partial charge in [-0.25, -0.2) is 0 Å². The lowest BCUT2D eigenvalue weighted by Gasteiger charge is -2.28. The second kappa shape index (κ2) is 7.09. The Kier molecular flexibility index (Phi) is 7.16. The number of halogens is 2. The molecule has 0 aliphatic rings. The van der Waals surface area contributed by atoms with E-state index in [4.69, 9.17) is 23.2 Å². The van der Waals surface area contributed by atoms with Crippen LogP contribution in [0.2, 0.25) is 0 Å². The van der Waals surface area contributed by atoms with Crippen LogP contribution in [-0.2, 0) is 0 Å². The Hall–Kier alpha value is 0.180. The van der Waals surface area contributed by atoms with Crippen LogP contribution in [0.3, 0.4) is 0 Å². The summed E-state index contributed by atoms with van der Waals surface area (Å²) in [4.78, 5) is 0. The highest BCUT2D eigenvalue weighted by molar-refractivity contribution is 6.21. The molecule has 2 nitrogen and oxygen atoms in total. The Morgan fingerprint density at radius 1 is 1.00 bits per heavy atom. The summed E-state index contributed by atoms with van der Waals surface area (Å²) in [6.45, 7) is 12.8. The SMILES string of the molecule is CC(C)(C)CC(Cl)CC(CC(Cl)C(C)(C)C)[NH+]=[N-]. The molecule has 108 valence electrons. The summed E-state index contributed by atoms with van der Waals surface area (Å²) in [7, 11) is 0. The Labute approximate surface area is 122 Å². The van der Waals surface area contributed by atoms with Crippen LogP contribution < -0.4 is 5.11 Å². The van der Waals surface area contributed by atoms with Crippen LogP contribution in [0.1, 0.15) is 60.8 Å². The molecule has 0 saturated carbocycles. The van der Waals surface area contributed by atoms with Crippen molar-refractivity contribution in [1.82, 2.24) is 0 Å². The quantitative estimate of drug-likeness (QED) is 0.569. The van der Waals surface area contributed by atoms with Crippen LogP contribution in [0, 0.1) is 10.8 Å². The average Bonchev–Trinajstić information content (AvgIpc) is 2.11. The van der Waals surface area contributed by atoms with E-state index in [-0.39, 0.29) is 27.6 Å². The summed E-state index contributed by atoms with van der Waals surface area (Å²) >= 11 is 12.7. The molecule has 0 bridgehead atoms. The van der Waals surface area contributed by atoms with Crippen molar-refractivity contribution in [3.63, 3.8) is 0 Å². The molecule has 0 aromatic heterocycles. The molecule has 0 aromatic rings. The molecule has 0 amide bonds. The van der Waals surface area contributed by atoms with Crippen molar-refractivity contribution in [2.45, 2.75) is 77.6 Å². The fourth-order valence-electron chi connectivity index (χ4n) is 1.86. The van der Waals surface area contributed by atoms with E-state index in [0.29, 0.717) is 0 Å². The smallest absolute Gasteiger partial charge is 0.142 e. The van der Waals surface area contributed by atoms with E-state index in [1.54, 1.807) is 0 Å². The minimum absolute atomic E-state index is 0.0145. The van der Waals surface area contributed by atoms with E-state index in [9.17, 15) is 5.53 Å².